The van der Waals surface area contributed by atoms with Crippen LogP contribution in [0, 0.1) is 0 Å². The lowest BCUT2D eigenvalue weighted by Crippen LogP contribution is -1.90. The van der Waals surface area contributed by atoms with Gasteiger partial charge in [0.15, 0.2) is 5.78 Å². The molecule has 2 rings (SSSR count). The zero-order valence-corrected chi connectivity index (χ0v) is 8.54. The topological polar surface area (TPSA) is 30.0 Å². The van der Waals surface area contributed by atoms with Crippen molar-refractivity contribution in [3.8, 4) is 10.6 Å². The number of benzene rings is 1. The van der Waals surface area contributed by atoms with Gasteiger partial charge in [0.25, 0.3) is 0 Å². The number of aromatic nitrogens is 1. The first kappa shape index (κ1) is 11.6. The Morgan fingerprint density at radius 2 is 1.93 bits per heavy atom. The molecule has 1 aromatic carbocycles. The summed E-state index contributed by atoms with van der Waals surface area (Å²) in [5.74, 6) is 0.0171. The van der Waals surface area contributed by atoms with Crippen molar-refractivity contribution < 1.29 is 4.79 Å². The SMILES string of the molecule is C.CC(=O)c1csc(-c2ccccc2)n1. The van der Waals surface area contributed by atoms with Crippen molar-refractivity contribution >= 4 is 17.1 Å². The molecule has 0 atom stereocenters. The summed E-state index contributed by atoms with van der Waals surface area (Å²) in [6.45, 7) is 1.53. The quantitative estimate of drug-likeness (QED) is 0.722. The zero-order chi connectivity index (χ0) is 9.97. The highest BCUT2D eigenvalue weighted by Crippen LogP contribution is 2.23. The van der Waals surface area contributed by atoms with E-state index in [0.29, 0.717) is 5.69 Å². The molecule has 3 heteroatoms. The van der Waals surface area contributed by atoms with Crippen LogP contribution in [-0.2, 0) is 0 Å². The van der Waals surface area contributed by atoms with E-state index in [1.54, 1.807) is 5.38 Å². The van der Waals surface area contributed by atoms with E-state index in [1.165, 1.54) is 18.3 Å². The average Bonchev–Trinajstić information content (AvgIpc) is 2.68. The molecule has 0 bridgehead atoms. The van der Waals surface area contributed by atoms with Gasteiger partial charge >= 0.3 is 0 Å². The second kappa shape index (κ2) is 4.84. The number of hydrogen-bond donors (Lipinski definition) is 0. The monoisotopic (exact) mass is 219 g/mol. The molecule has 1 aromatic heterocycles. The molecule has 0 unspecified atom stereocenters. The van der Waals surface area contributed by atoms with Gasteiger partial charge in [0.1, 0.15) is 10.7 Å². The van der Waals surface area contributed by atoms with E-state index in [0.717, 1.165) is 10.6 Å². The molecule has 1 heterocycles. The van der Waals surface area contributed by atoms with Crippen LogP contribution in [0.2, 0.25) is 0 Å². The molecule has 0 N–H and O–H groups in total. The number of ketones is 1. The first-order valence-electron chi connectivity index (χ1n) is 4.29. The number of carbonyl (C=O) groups excluding carboxylic acids is 1. The van der Waals surface area contributed by atoms with Gasteiger partial charge in [-0.1, -0.05) is 37.8 Å². The van der Waals surface area contributed by atoms with Crippen LogP contribution in [-0.4, -0.2) is 10.8 Å². The van der Waals surface area contributed by atoms with E-state index >= 15 is 0 Å². The van der Waals surface area contributed by atoms with Gasteiger partial charge in [0.05, 0.1) is 0 Å². The van der Waals surface area contributed by atoms with Crippen LogP contribution in [0.4, 0.5) is 0 Å². The lowest BCUT2D eigenvalue weighted by atomic mass is 10.2. The highest BCUT2D eigenvalue weighted by molar-refractivity contribution is 7.13. The summed E-state index contributed by atoms with van der Waals surface area (Å²) >= 11 is 1.50. The third-order valence-electron chi connectivity index (χ3n) is 1.89. The second-order valence-corrected chi connectivity index (χ2v) is 3.82. The van der Waals surface area contributed by atoms with E-state index < -0.39 is 0 Å². The normalized spacial score (nSPS) is 9.40. The van der Waals surface area contributed by atoms with E-state index in [9.17, 15) is 4.79 Å². The molecular weight excluding hydrogens is 206 g/mol. The number of rotatable bonds is 2. The van der Waals surface area contributed by atoms with Crippen molar-refractivity contribution in [1.29, 1.82) is 0 Å². The number of Topliss-reactive ketones (excluding diaryl/α,β-unsaturated/α-hetero) is 1. The molecule has 0 aliphatic carbocycles. The lowest BCUT2D eigenvalue weighted by molar-refractivity contribution is 0.101. The second-order valence-electron chi connectivity index (χ2n) is 2.96. The Kier molecular flexibility index (Phi) is 3.74. The number of thiazole rings is 1. The van der Waals surface area contributed by atoms with Gasteiger partial charge < -0.3 is 0 Å². The van der Waals surface area contributed by atoms with Crippen LogP contribution < -0.4 is 0 Å². The van der Waals surface area contributed by atoms with Crippen LogP contribution in [0.15, 0.2) is 35.7 Å². The number of hydrogen-bond acceptors (Lipinski definition) is 3. The maximum absolute atomic E-state index is 11.0. The fourth-order valence-corrected chi connectivity index (χ4v) is 2.01. The Morgan fingerprint density at radius 3 is 2.47 bits per heavy atom. The third-order valence-corrected chi connectivity index (χ3v) is 2.78. The Bertz CT molecular complexity index is 448. The highest BCUT2D eigenvalue weighted by Gasteiger charge is 2.06. The van der Waals surface area contributed by atoms with Crippen molar-refractivity contribution in [3.05, 3.63) is 41.4 Å². The maximum Gasteiger partial charge on any atom is 0.178 e. The fraction of sp³-hybridized carbons (Fsp3) is 0.167. The predicted octanol–water partition coefficient (Wildman–Crippen LogP) is 3.65. The first-order chi connectivity index (χ1) is 6.77. The van der Waals surface area contributed by atoms with Crippen molar-refractivity contribution in [2.24, 2.45) is 0 Å². The molecule has 0 aliphatic heterocycles. The van der Waals surface area contributed by atoms with Gasteiger partial charge in [-0.2, -0.15) is 0 Å². The molecule has 0 radical (unpaired) electrons. The summed E-state index contributed by atoms with van der Waals surface area (Å²) in [5.41, 5.74) is 1.61. The largest absolute Gasteiger partial charge is 0.293 e. The van der Waals surface area contributed by atoms with Crippen LogP contribution in [0.5, 0.6) is 0 Å². The fourth-order valence-electron chi connectivity index (χ4n) is 1.15. The molecule has 0 spiro atoms. The maximum atomic E-state index is 11.0. The van der Waals surface area contributed by atoms with Crippen LogP contribution >= 0.6 is 11.3 Å². The zero-order valence-electron chi connectivity index (χ0n) is 7.73. The van der Waals surface area contributed by atoms with Crippen molar-refractivity contribution in [2.75, 3.05) is 0 Å². The Labute approximate surface area is 93.6 Å². The number of carbonyl (C=O) groups is 1. The van der Waals surface area contributed by atoms with Gasteiger partial charge in [-0.15, -0.1) is 11.3 Å². The minimum absolute atomic E-state index is 0. The van der Waals surface area contributed by atoms with Crippen LogP contribution in [0.1, 0.15) is 24.8 Å². The average molecular weight is 219 g/mol. The first-order valence-corrected chi connectivity index (χ1v) is 5.17. The molecule has 0 saturated heterocycles. The van der Waals surface area contributed by atoms with Gasteiger partial charge in [0.2, 0.25) is 0 Å². The third kappa shape index (κ3) is 2.50. The van der Waals surface area contributed by atoms with Crippen molar-refractivity contribution in [1.82, 2.24) is 4.98 Å². The lowest BCUT2D eigenvalue weighted by Gasteiger charge is -1.92. The van der Waals surface area contributed by atoms with Crippen LogP contribution in [0.3, 0.4) is 0 Å². The van der Waals surface area contributed by atoms with E-state index in [2.05, 4.69) is 4.98 Å². The molecule has 0 fully saturated rings. The standard InChI is InChI=1S/C11H9NOS.CH4/c1-8(13)10-7-14-11(12-10)9-5-3-2-4-6-9;/h2-7H,1H3;1H4. The summed E-state index contributed by atoms with van der Waals surface area (Å²) in [4.78, 5) is 15.3. The summed E-state index contributed by atoms with van der Waals surface area (Å²) in [6, 6.07) is 9.86. The van der Waals surface area contributed by atoms with Crippen molar-refractivity contribution in [2.45, 2.75) is 14.4 Å². The smallest absolute Gasteiger partial charge is 0.178 e. The molecule has 78 valence electrons. The summed E-state index contributed by atoms with van der Waals surface area (Å²) in [6.07, 6.45) is 0. The molecular formula is C12H13NOS. The molecule has 15 heavy (non-hydrogen) atoms. The van der Waals surface area contributed by atoms with Gasteiger partial charge in [-0.05, 0) is 0 Å². The summed E-state index contributed by atoms with van der Waals surface area (Å²) < 4.78 is 0. The van der Waals surface area contributed by atoms with Crippen molar-refractivity contribution in [3.63, 3.8) is 0 Å². The number of nitrogens with zero attached hydrogens (tertiary/aromatic N) is 1. The minimum atomic E-state index is 0. The van der Waals surface area contributed by atoms with Gasteiger partial charge in [0, 0.05) is 17.9 Å². The molecule has 2 aromatic rings. The van der Waals surface area contributed by atoms with E-state index in [1.807, 2.05) is 30.3 Å². The van der Waals surface area contributed by atoms with Gasteiger partial charge in [-0.25, -0.2) is 4.98 Å². The summed E-state index contributed by atoms with van der Waals surface area (Å²) in [7, 11) is 0. The predicted molar refractivity (Wildman–Crippen MR) is 64.3 cm³/mol. The molecule has 2 nitrogen and oxygen atoms in total. The highest BCUT2D eigenvalue weighted by atomic mass is 32.1. The van der Waals surface area contributed by atoms with Gasteiger partial charge in [-0.3, -0.25) is 4.79 Å². The molecule has 0 aliphatic rings. The van der Waals surface area contributed by atoms with E-state index in [-0.39, 0.29) is 13.2 Å². The Balaban J connectivity index is 0.00000112. The molecule has 0 amide bonds. The molecule has 0 saturated carbocycles. The summed E-state index contributed by atoms with van der Waals surface area (Å²) in [5, 5.41) is 2.70. The van der Waals surface area contributed by atoms with E-state index in [4.69, 9.17) is 0 Å². The van der Waals surface area contributed by atoms with Crippen LogP contribution in [0.25, 0.3) is 10.6 Å². The Hall–Kier alpha value is -1.48. The minimum Gasteiger partial charge on any atom is -0.293 e. The Morgan fingerprint density at radius 1 is 1.27 bits per heavy atom.